The minimum absolute atomic E-state index is 0.789. The Bertz CT molecular complexity index is 768. The van der Waals surface area contributed by atoms with Crippen molar-refractivity contribution in [2.24, 2.45) is 0 Å². The van der Waals surface area contributed by atoms with E-state index >= 15 is 0 Å². The molecule has 144 valence electrons. The molecule has 0 bridgehead atoms. The highest BCUT2D eigenvalue weighted by atomic mass is 35.5. The van der Waals surface area contributed by atoms with Crippen LogP contribution in [0.15, 0.2) is 42.5 Å². The lowest BCUT2D eigenvalue weighted by Gasteiger charge is -2.38. The Morgan fingerprint density at radius 1 is 1.07 bits per heavy atom. The first-order valence-corrected chi connectivity index (χ1v) is 10.5. The van der Waals surface area contributed by atoms with Crippen LogP contribution in [0.1, 0.15) is 30.9 Å². The van der Waals surface area contributed by atoms with Gasteiger partial charge in [-0.05, 0) is 67.4 Å². The molecule has 3 rings (SSSR count). The van der Waals surface area contributed by atoms with Gasteiger partial charge < -0.3 is 15.1 Å². The summed E-state index contributed by atoms with van der Waals surface area (Å²) in [5.41, 5.74) is 4.94. The Hall–Kier alpha value is -1.78. The van der Waals surface area contributed by atoms with Gasteiger partial charge in [0.1, 0.15) is 0 Å². The lowest BCUT2D eigenvalue weighted by Crippen LogP contribution is -2.50. The Morgan fingerprint density at radius 2 is 1.78 bits per heavy atom. The summed E-state index contributed by atoms with van der Waals surface area (Å²) in [4.78, 5) is 4.64. The summed E-state index contributed by atoms with van der Waals surface area (Å²) in [6.45, 7) is 8.06. The summed E-state index contributed by atoms with van der Waals surface area (Å²) >= 11 is 11.8. The van der Waals surface area contributed by atoms with E-state index in [4.69, 9.17) is 23.8 Å². The number of hydrogen-bond acceptors (Lipinski definition) is 2. The Balaban J connectivity index is 1.53. The van der Waals surface area contributed by atoms with E-state index in [9.17, 15) is 0 Å². The first kappa shape index (κ1) is 20.0. The van der Waals surface area contributed by atoms with E-state index < -0.39 is 0 Å². The number of hydrogen-bond donors (Lipinski definition) is 1. The number of nitrogens with one attached hydrogen (secondary N) is 1. The molecule has 0 amide bonds. The van der Waals surface area contributed by atoms with E-state index in [1.54, 1.807) is 0 Å². The minimum atomic E-state index is 0.789. The van der Waals surface area contributed by atoms with Gasteiger partial charge in [0.2, 0.25) is 0 Å². The van der Waals surface area contributed by atoms with Gasteiger partial charge in [0.15, 0.2) is 5.11 Å². The van der Waals surface area contributed by atoms with Crippen molar-refractivity contribution < 1.29 is 0 Å². The zero-order chi connectivity index (χ0) is 19.2. The molecular formula is C22H28ClN3S. The highest BCUT2D eigenvalue weighted by Crippen LogP contribution is 2.25. The first-order valence-electron chi connectivity index (χ1n) is 9.73. The molecule has 0 aromatic heterocycles. The molecule has 27 heavy (non-hydrogen) atoms. The topological polar surface area (TPSA) is 18.5 Å². The van der Waals surface area contributed by atoms with Crippen LogP contribution in [-0.2, 0) is 6.42 Å². The fraction of sp³-hybridized carbons (Fsp3) is 0.409. The van der Waals surface area contributed by atoms with Gasteiger partial charge in [-0.25, -0.2) is 0 Å². The number of anilines is 2. The van der Waals surface area contributed by atoms with Gasteiger partial charge >= 0.3 is 0 Å². The van der Waals surface area contributed by atoms with Gasteiger partial charge in [0.05, 0.1) is 0 Å². The maximum atomic E-state index is 6.18. The van der Waals surface area contributed by atoms with E-state index in [1.165, 1.54) is 29.7 Å². The van der Waals surface area contributed by atoms with E-state index in [1.807, 2.05) is 6.07 Å². The molecule has 2 aromatic carbocycles. The molecule has 1 aliphatic heterocycles. The smallest absolute Gasteiger partial charge is 0.173 e. The Kier molecular flexibility index (Phi) is 6.97. The van der Waals surface area contributed by atoms with Gasteiger partial charge in [0.25, 0.3) is 0 Å². The van der Waals surface area contributed by atoms with Crippen LogP contribution in [0.4, 0.5) is 11.4 Å². The van der Waals surface area contributed by atoms with Crippen molar-refractivity contribution in [2.45, 2.75) is 33.1 Å². The molecule has 0 unspecified atom stereocenters. The molecule has 1 saturated heterocycles. The van der Waals surface area contributed by atoms with Crippen molar-refractivity contribution in [3.8, 4) is 0 Å². The van der Waals surface area contributed by atoms with Crippen LogP contribution in [0.5, 0.6) is 0 Å². The van der Waals surface area contributed by atoms with Crippen LogP contribution in [0.25, 0.3) is 0 Å². The standard InChI is InChI=1S/C22H28ClN3S/c1-3-4-5-18-7-10-20(11-8-18)24-22(27)26-14-12-25(13-15-26)21-16-19(23)9-6-17(21)2/h6-11,16H,3-5,12-15H2,1-2H3,(H,24,27). The maximum Gasteiger partial charge on any atom is 0.173 e. The average molecular weight is 402 g/mol. The van der Waals surface area contributed by atoms with Crippen LogP contribution >= 0.6 is 23.8 Å². The lowest BCUT2D eigenvalue weighted by atomic mass is 10.1. The molecule has 1 aliphatic rings. The molecule has 0 aliphatic carbocycles. The molecule has 1 heterocycles. The summed E-state index contributed by atoms with van der Waals surface area (Å²) in [5, 5.41) is 4.98. The fourth-order valence-electron chi connectivity index (χ4n) is 3.41. The third kappa shape index (κ3) is 5.36. The highest BCUT2D eigenvalue weighted by molar-refractivity contribution is 7.80. The number of rotatable bonds is 5. The van der Waals surface area contributed by atoms with Crippen molar-refractivity contribution >= 4 is 40.3 Å². The average Bonchev–Trinajstić information content (AvgIpc) is 2.69. The number of benzene rings is 2. The number of thiocarbonyl (C=S) groups is 1. The van der Waals surface area contributed by atoms with Gasteiger partial charge in [-0.2, -0.15) is 0 Å². The lowest BCUT2D eigenvalue weighted by molar-refractivity contribution is 0.390. The van der Waals surface area contributed by atoms with E-state index in [-0.39, 0.29) is 0 Å². The number of halogens is 1. The molecular weight excluding hydrogens is 374 g/mol. The fourth-order valence-corrected chi connectivity index (χ4v) is 3.88. The third-order valence-corrected chi connectivity index (χ3v) is 5.70. The van der Waals surface area contributed by atoms with Crippen molar-refractivity contribution in [1.82, 2.24) is 4.90 Å². The largest absolute Gasteiger partial charge is 0.368 e. The SMILES string of the molecule is CCCCc1ccc(NC(=S)N2CCN(c3cc(Cl)ccc3C)CC2)cc1. The maximum absolute atomic E-state index is 6.18. The summed E-state index contributed by atoms with van der Waals surface area (Å²) in [6, 6.07) is 14.7. The van der Waals surface area contributed by atoms with Gasteiger partial charge in [-0.3, -0.25) is 0 Å². The van der Waals surface area contributed by atoms with Crippen LogP contribution in [0.2, 0.25) is 5.02 Å². The minimum Gasteiger partial charge on any atom is -0.368 e. The van der Waals surface area contributed by atoms with Crippen LogP contribution < -0.4 is 10.2 Å². The molecule has 2 aromatic rings. The summed E-state index contributed by atoms with van der Waals surface area (Å²) in [6.07, 6.45) is 3.61. The monoisotopic (exact) mass is 401 g/mol. The predicted octanol–water partition coefficient (Wildman–Crippen LogP) is 5.51. The van der Waals surface area contributed by atoms with E-state index in [0.717, 1.165) is 48.4 Å². The van der Waals surface area contributed by atoms with Crippen molar-refractivity contribution in [3.05, 3.63) is 58.6 Å². The highest BCUT2D eigenvalue weighted by Gasteiger charge is 2.20. The van der Waals surface area contributed by atoms with Crippen molar-refractivity contribution in [3.63, 3.8) is 0 Å². The van der Waals surface area contributed by atoms with E-state index in [2.05, 4.69) is 65.4 Å². The van der Waals surface area contributed by atoms with E-state index in [0.29, 0.717) is 0 Å². The molecule has 1 N–H and O–H groups in total. The summed E-state index contributed by atoms with van der Waals surface area (Å²) in [5.74, 6) is 0. The third-order valence-electron chi connectivity index (χ3n) is 5.10. The van der Waals surface area contributed by atoms with Crippen LogP contribution in [0, 0.1) is 6.92 Å². The number of unbranched alkanes of at least 4 members (excludes halogenated alkanes) is 1. The molecule has 0 saturated carbocycles. The number of aryl methyl sites for hydroxylation is 2. The van der Waals surface area contributed by atoms with Gasteiger partial charge in [-0.15, -0.1) is 0 Å². The quantitative estimate of drug-likeness (QED) is 0.665. The number of piperazine rings is 1. The van der Waals surface area contributed by atoms with Crippen molar-refractivity contribution in [1.29, 1.82) is 0 Å². The van der Waals surface area contributed by atoms with Crippen LogP contribution in [0.3, 0.4) is 0 Å². The first-order chi connectivity index (χ1) is 13.1. The Labute approximate surface area is 173 Å². The summed E-state index contributed by atoms with van der Waals surface area (Å²) < 4.78 is 0. The second-order valence-corrected chi connectivity index (χ2v) is 7.96. The number of nitrogens with zero attached hydrogens (tertiary/aromatic N) is 2. The molecule has 0 atom stereocenters. The predicted molar refractivity (Wildman–Crippen MR) is 121 cm³/mol. The molecule has 1 fully saturated rings. The molecule has 0 spiro atoms. The normalized spacial score (nSPS) is 14.3. The van der Waals surface area contributed by atoms with Crippen LogP contribution in [-0.4, -0.2) is 36.2 Å². The van der Waals surface area contributed by atoms with Gasteiger partial charge in [0, 0.05) is 42.6 Å². The zero-order valence-electron chi connectivity index (χ0n) is 16.2. The molecule has 5 heteroatoms. The molecule has 3 nitrogen and oxygen atoms in total. The Morgan fingerprint density at radius 3 is 2.44 bits per heavy atom. The second-order valence-electron chi connectivity index (χ2n) is 7.14. The van der Waals surface area contributed by atoms with Gasteiger partial charge in [-0.1, -0.05) is 43.1 Å². The second kappa shape index (κ2) is 9.43. The zero-order valence-corrected chi connectivity index (χ0v) is 17.7. The summed E-state index contributed by atoms with van der Waals surface area (Å²) in [7, 11) is 0. The van der Waals surface area contributed by atoms with Crippen molar-refractivity contribution in [2.75, 3.05) is 36.4 Å². The molecule has 0 radical (unpaired) electrons.